The fourth-order valence-electron chi connectivity index (χ4n) is 4.33. The summed E-state index contributed by atoms with van der Waals surface area (Å²) in [6, 6.07) is 7.80. The fourth-order valence-corrected chi connectivity index (χ4v) is 4.33. The first kappa shape index (κ1) is 20.7. The fraction of sp³-hybridized carbons (Fsp3) is 0.524. The molecule has 5 rings (SSSR count). The van der Waals surface area contributed by atoms with Crippen LogP contribution in [-0.2, 0) is 7.05 Å². The Balaban J connectivity index is 1.18. The van der Waals surface area contributed by atoms with Crippen LogP contribution in [-0.4, -0.2) is 68.8 Å². The highest BCUT2D eigenvalue weighted by atomic mass is 19.3. The van der Waals surface area contributed by atoms with E-state index >= 15 is 0 Å². The number of carbonyl (C=O) groups is 1. The molecular formula is C21H25F2N7O2. The molecule has 32 heavy (non-hydrogen) atoms. The van der Waals surface area contributed by atoms with E-state index in [-0.39, 0.29) is 24.9 Å². The number of hydrogen-bond donors (Lipinski definition) is 1. The van der Waals surface area contributed by atoms with Crippen molar-refractivity contribution in [3.63, 3.8) is 0 Å². The van der Waals surface area contributed by atoms with Crippen molar-refractivity contribution in [2.45, 2.75) is 37.6 Å². The average molecular weight is 445 g/mol. The normalized spacial score (nSPS) is 19.5. The maximum Gasteiger partial charge on any atom is 0.324 e. The van der Waals surface area contributed by atoms with E-state index in [1.54, 1.807) is 4.90 Å². The maximum absolute atomic E-state index is 13.3. The van der Waals surface area contributed by atoms with E-state index < -0.39 is 5.92 Å². The molecule has 1 saturated carbocycles. The summed E-state index contributed by atoms with van der Waals surface area (Å²) in [6.45, 7) is 2.05. The van der Waals surface area contributed by atoms with Crippen molar-refractivity contribution < 1.29 is 18.1 Å². The number of imidazole rings is 1. The smallest absolute Gasteiger partial charge is 0.324 e. The van der Waals surface area contributed by atoms with Gasteiger partial charge in [0.25, 0.3) is 0 Å². The Morgan fingerprint density at radius 1 is 1.12 bits per heavy atom. The average Bonchev–Trinajstić information content (AvgIpc) is 3.41. The molecule has 2 aliphatic rings. The summed E-state index contributed by atoms with van der Waals surface area (Å²) in [5.74, 6) is -1.57. The van der Waals surface area contributed by atoms with Crippen LogP contribution in [0.15, 0.2) is 28.8 Å². The summed E-state index contributed by atoms with van der Waals surface area (Å²) in [6.07, 6.45) is 0.283. The second-order valence-corrected chi connectivity index (χ2v) is 8.44. The van der Waals surface area contributed by atoms with Gasteiger partial charge >= 0.3 is 12.0 Å². The number of amides is 2. The van der Waals surface area contributed by atoms with Gasteiger partial charge in [0.15, 0.2) is 5.82 Å². The Morgan fingerprint density at radius 3 is 2.56 bits per heavy atom. The van der Waals surface area contributed by atoms with E-state index in [1.807, 2.05) is 40.8 Å². The van der Waals surface area contributed by atoms with E-state index in [2.05, 4.69) is 20.4 Å². The Bertz CT molecular complexity index is 1110. The number of halogens is 2. The third-order valence-electron chi connectivity index (χ3n) is 6.28. The van der Waals surface area contributed by atoms with Crippen molar-refractivity contribution in [2.24, 2.45) is 7.05 Å². The highest BCUT2D eigenvalue weighted by Crippen LogP contribution is 2.33. The van der Waals surface area contributed by atoms with E-state index in [1.165, 1.54) is 0 Å². The largest absolute Gasteiger partial charge is 0.335 e. The summed E-state index contributed by atoms with van der Waals surface area (Å²) >= 11 is 0. The lowest BCUT2D eigenvalue weighted by molar-refractivity contribution is -0.0398. The predicted octanol–water partition coefficient (Wildman–Crippen LogP) is 3.03. The molecule has 9 nitrogen and oxygen atoms in total. The highest BCUT2D eigenvalue weighted by Gasteiger charge is 2.36. The zero-order valence-electron chi connectivity index (χ0n) is 17.8. The molecule has 2 aromatic heterocycles. The van der Waals surface area contributed by atoms with Gasteiger partial charge in [0.2, 0.25) is 11.7 Å². The molecule has 1 aliphatic carbocycles. The van der Waals surface area contributed by atoms with Crippen LogP contribution >= 0.6 is 0 Å². The summed E-state index contributed by atoms with van der Waals surface area (Å²) in [7, 11) is 1.91. The number of hydrogen-bond acceptors (Lipinski definition) is 6. The standard InChI is InChI=1S/C21H25F2N7O2/c1-28-16-5-3-2-4-15(16)25-18(28)17-26-20(32-27-17)30-12-10-29(11-13-30)19(31)24-14-6-8-21(22,23)9-7-14/h2-5,14H,6-13H2,1H3,(H,24,31). The molecule has 0 bridgehead atoms. The van der Waals surface area contributed by atoms with E-state index in [0.717, 1.165) is 11.0 Å². The SMILES string of the molecule is Cn1c(-c2noc(N3CCN(C(=O)NC4CCC(F)(F)CC4)CC3)n2)nc2ccccc21. The van der Waals surface area contributed by atoms with Gasteiger partial charge in [0.05, 0.1) is 11.0 Å². The topological polar surface area (TPSA) is 92.3 Å². The lowest BCUT2D eigenvalue weighted by Gasteiger charge is -2.35. The van der Waals surface area contributed by atoms with Gasteiger partial charge in [-0.2, -0.15) is 4.98 Å². The van der Waals surface area contributed by atoms with Gasteiger partial charge in [-0.3, -0.25) is 0 Å². The number of aromatic nitrogens is 4. The van der Waals surface area contributed by atoms with Crippen molar-refractivity contribution in [1.29, 1.82) is 0 Å². The number of urea groups is 1. The molecule has 2 amide bonds. The third-order valence-corrected chi connectivity index (χ3v) is 6.28. The van der Waals surface area contributed by atoms with Gasteiger partial charge in [0, 0.05) is 52.1 Å². The number of piperazine rings is 1. The monoisotopic (exact) mass is 445 g/mol. The predicted molar refractivity (Wildman–Crippen MR) is 114 cm³/mol. The van der Waals surface area contributed by atoms with Crippen LogP contribution in [0.1, 0.15) is 25.7 Å². The van der Waals surface area contributed by atoms with Gasteiger partial charge in [-0.05, 0) is 25.0 Å². The lowest BCUT2D eigenvalue weighted by atomic mass is 9.92. The van der Waals surface area contributed by atoms with Crippen LogP contribution in [0.2, 0.25) is 0 Å². The molecule has 1 aromatic carbocycles. The number of alkyl halides is 2. The van der Waals surface area contributed by atoms with Crippen LogP contribution in [0, 0.1) is 0 Å². The minimum atomic E-state index is -2.60. The van der Waals surface area contributed by atoms with Crippen LogP contribution in [0.3, 0.4) is 0 Å². The van der Waals surface area contributed by atoms with E-state index in [9.17, 15) is 13.6 Å². The summed E-state index contributed by atoms with van der Waals surface area (Å²) in [5.41, 5.74) is 1.84. The summed E-state index contributed by atoms with van der Waals surface area (Å²) < 4.78 is 34.0. The van der Waals surface area contributed by atoms with Crippen LogP contribution < -0.4 is 10.2 Å². The molecule has 0 radical (unpaired) electrons. The molecule has 2 fully saturated rings. The number of nitrogens with one attached hydrogen (secondary N) is 1. The molecule has 1 N–H and O–H groups in total. The van der Waals surface area contributed by atoms with Gasteiger partial charge < -0.3 is 24.2 Å². The Morgan fingerprint density at radius 2 is 1.84 bits per heavy atom. The maximum atomic E-state index is 13.3. The second-order valence-electron chi connectivity index (χ2n) is 8.44. The quantitative estimate of drug-likeness (QED) is 0.666. The van der Waals surface area contributed by atoms with Crippen molar-refractivity contribution in [3.05, 3.63) is 24.3 Å². The number of fused-ring (bicyclic) bond motifs is 1. The van der Waals surface area contributed by atoms with Gasteiger partial charge in [-0.25, -0.2) is 18.6 Å². The van der Waals surface area contributed by atoms with Crippen molar-refractivity contribution in [2.75, 3.05) is 31.1 Å². The van der Waals surface area contributed by atoms with Gasteiger partial charge in [0.1, 0.15) is 0 Å². The summed E-state index contributed by atoms with van der Waals surface area (Å²) in [5, 5.41) is 6.99. The molecule has 3 heterocycles. The van der Waals surface area contributed by atoms with Crippen molar-refractivity contribution in [3.8, 4) is 11.6 Å². The molecule has 3 aromatic rings. The number of carbonyl (C=O) groups excluding carboxylic acids is 1. The number of nitrogens with zero attached hydrogens (tertiary/aromatic N) is 6. The van der Waals surface area contributed by atoms with Crippen LogP contribution in [0.4, 0.5) is 19.6 Å². The molecule has 1 aliphatic heterocycles. The zero-order chi connectivity index (χ0) is 22.3. The van der Waals surface area contributed by atoms with E-state index in [4.69, 9.17) is 4.52 Å². The van der Waals surface area contributed by atoms with Crippen LogP contribution in [0.5, 0.6) is 0 Å². The molecule has 11 heteroatoms. The zero-order valence-corrected chi connectivity index (χ0v) is 17.8. The molecule has 1 saturated heterocycles. The number of anilines is 1. The molecular weight excluding hydrogens is 420 g/mol. The second kappa shape index (κ2) is 8.03. The number of benzene rings is 1. The first-order valence-corrected chi connectivity index (χ1v) is 10.8. The minimum Gasteiger partial charge on any atom is -0.335 e. The lowest BCUT2D eigenvalue weighted by Crippen LogP contribution is -2.54. The Kier molecular flexibility index (Phi) is 5.18. The van der Waals surface area contributed by atoms with Gasteiger partial charge in [-0.15, -0.1) is 0 Å². The van der Waals surface area contributed by atoms with E-state index in [0.29, 0.717) is 56.7 Å². The van der Waals surface area contributed by atoms with Crippen LogP contribution in [0.25, 0.3) is 22.7 Å². The number of aryl methyl sites for hydroxylation is 1. The first-order chi connectivity index (χ1) is 15.4. The molecule has 0 spiro atoms. The Labute approximate surface area is 183 Å². The highest BCUT2D eigenvalue weighted by molar-refractivity contribution is 5.79. The number of rotatable bonds is 3. The van der Waals surface area contributed by atoms with Crippen molar-refractivity contribution >= 4 is 23.1 Å². The van der Waals surface area contributed by atoms with Gasteiger partial charge in [-0.1, -0.05) is 17.3 Å². The molecule has 170 valence electrons. The first-order valence-electron chi connectivity index (χ1n) is 10.8. The summed E-state index contributed by atoms with van der Waals surface area (Å²) in [4.78, 5) is 25.3. The molecule has 0 atom stereocenters. The molecule has 0 unspecified atom stereocenters. The minimum absolute atomic E-state index is 0.170. The third kappa shape index (κ3) is 3.98. The Hall–Kier alpha value is -3.24. The van der Waals surface area contributed by atoms with Crippen molar-refractivity contribution in [1.82, 2.24) is 29.9 Å². The number of para-hydroxylation sites is 2.